The van der Waals surface area contributed by atoms with Gasteiger partial charge in [-0.3, -0.25) is 4.79 Å². The minimum atomic E-state index is -4.33. The van der Waals surface area contributed by atoms with E-state index in [1.54, 1.807) is 0 Å². The van der Waals surface area contributed by atoms with Crippen LogP contribution in [-0.2, 0) is 25.8 Å². The number of hydrogen-bond acceptors (Lipinski definition) is 4. The highest BCUT2D eigenvalue weighted by atomic mass is 32.2. The highest BCUT2D eigenvalue weighted by Gasteiger charge is 2.64. The van der Waals surface area contributed by atoms with Crippen molar-refractivity contribution in [2.45, 2.75) is 85.8 Å². The van der Waals surface area contributed by atoms with Crippen molar-refractivity contribution in [1.82, 2.24) is 0 Å². The standard InChI is InChI=1S/C24H25S.C10H16O4S/c1-4-10-20(11-5-1)21-16-18-24(19-17-21)25(22-12-6-2-7-13-22)23-14-8-3-9-15-23;1-9(2)7-3-4-10(9,8(11)5-7)6-15(12,13)14/h2-3,6-9,12-20H,1,4-5,10-11H2;7H,3-6H2,1-2H3,(H,12,13,14)/q+1;/p-1. The molecule has 6 rings (SSSR count). The summed E-state index contributed by atoms with van der Waals surface area (Å²) in [6, 6.07) is 31.3. The van der Waals surface area contributed by atoms with Crippen molar-refractivity contribution in [3.05, 3.63) is 90.5 Å². The van der Waals surface area contributed by atoms with Crippen molar-refractivity contribution in [3.8, 4) is 0 Å². The van der Waals surface area contributed by atoms with E-state index in [1.807, 2.05) is 13.8 Å². The molecule has 3 aromatic carbocycles. The molecule has 212 valence electrons. The van der Waals surface area contributed by atoms with Gasteiger partial charge in [-0.05, 0) is 84.9 Å². The Bertz CT molecular complexity index is 1360. The average molecular weight is 577 g/mol. The molecule has 0 aliphatic heterocycles. The van der Waals surface area contributed by atoms with Crippen LogP contribution >= 0.6 is 0 Å². The van der Waals surface area contributed by atoms with Gasteiger partial charge in [0.15, 0.2) is 14.7 Å². The van der Waals surface area contributed by atoms with E-state index in [0.29, 0.717) is 12.8 Å². The van der Waals surface area contributed by atoms with Gasteiger partial charge in [0, 0.05) is 11.8 Å². The molecule has 0 radical (unpaired) electrons. The van der Waals surface area contributed by atoms with Gasteiger partial charge in [-0.2, -0.15) is 0 Å². The predicted molar refractivity (Wildman–Crippen MR) is 160 cm³/mol. The van der Waals surface area contributed by atoms with Crippen LogP contribution in [0, 0.1) is 16.7 Å². The highest BCUT2D eigenvalue weighted by Crippen LogP contribution is 2.64. The Morgan fingerprint density at radius 3 is 1.75 bits per heavy atom. The molecular formula is C34H40O4S2. The molecule has 3 aromatic rings. The molecule has 3 aliphatic rings. The van der Waals surface area contributed by atoms with E-state index < -0.39 is 21.3 Å². The van der Waals surface area contributed by atoms with Crippen molar-refractivity contribution < 1.29 is 17.8 Å². The molecule has 0 heterocycles. The van der Waals surface area contributed by atoms with Gasteiger partial charge in [0.1, 0.15) is 5.78 Å². The van der Waals surface area contributed by atoms with Crippen LogP contribution in [0.4, 0.5) is 0 Å². The zero-order valence-electron chi connectivity index (χ0n) is 23.6. The maximum absolute atomic E-state index is 11.8. The van der Waals surface area contributed by atoms with Crippen molar-refractivity contribution in [1.29, 1.82) is 0 Å². The highest BCUT2D eigenvalue weighted by molar-refractivity contribution is 7.97. The lowest BCUT2D eigenvalue weighted by Crippen LogP contribution is -2.42. The van der Waals surface area contributed by atoms with E-state index in [-0.39, 0.29) is 28.0 Å². The lowest BCUT2D eigenvalue weighted by atomic mass is 9.70. The second-order valence-corrected chi connectivity index (χ2v) is 15.6. The minimum absolute atomic E-state index is 0.0248. The summed E-state index contributed by atoms with van der Waals surface area (Å²) in [5.41, 5.74) is 0.313. The summed E-state index contributed by atoms with van der Waals surface area (Å²) in [6.07, 6.45) is 8.81. The van der Waals surface area contributed by atoms with Crippen LogP contribution in [0.3, 0.4) is 0 Å². The minimum Gasteiger partial charge on any atom is -0.748 e. The molecule has 2 unspecified atom stereocenters. The van der Waals surface area contributed by atoms with Crippen molar-refractivity contribution in [2.75, 3.05) is 5.75 Å². The van der Waals surface area contributed by atoms with Gasteiger partial charge in [-0.1, -0.05) is 81.6 Å². The van der Waals surface area contributed by atoms with Crippen LogP contribution < -0.4 is 0 Å². The smallest absolute Gasteiger partial charge is 0.166 e. The summed E-state index contributed by atoms with van der Waals surface area (Å²) in [6.45, 7) is 3.83. The van der Waals surface area contributed by atoms with Gasteiger partial charge in [-0.25, -0.2) is 8.42 Å². The van der Waals surface area contributed by atoms with E-state index in [4.69, 9.17) is 0 Å². The number of ketones is 1. The zero-order valence-corrected chi connectivity index (χ0v) is 25.2. The molecule has 0 spiro atoms. The summed E-state index contributed by atoms with van der Waals surface area (Å²) in [5.74, 6) is 0.496. The number of carbonyl (C=O) groups excluding carboxylic acids is 1. The first kappa shape index (κ1) is 29.1. The SMILES string of the molecule is CC1(C)C2CCC1(CS(=O)(=O)[O-])C(=O)C2.c1ccc([S+](c2ccccc2)c2ccc(C3CCCCC3)cc2)cc1. The maximum atomic E-state index is 11.8. The summed E-state index contributed by atoms with van der Waals surface area (Å²) >= 11 is 0. The van der Waals surface area contributed by atoms with Gasteiger partial charge in [0.05, 0.1) is 26.8 Å². The summed E-state index contributed by atoms with van der Waals surface area (Å²) in [7, 11) is -4.35. The second kappa shape index (κ2) is 11.8. The molecule has 0 amide bonds. The van der Waals surface area contributed by atoms with E-state index in [0.717, 1.165) is 12.3 Å². The molecule has 0 N–H and O–H groups in total. The topological polar surface area (TPSA) is 74.3 Å². The number of hydrogen-bond donors (Lipinski definition) is 0. The lowest BCUT2D eigenvalue weighted by molar-refractivity contribution is -0.128. The number of rotatable bonds is 6. The Balaban J connectivity index is 0.000000184. The Morgan fingerprint density at radius 2 is 1.30 bits per heavy atom. The van der Waals surface area contributed by atoms with E-state index in [1.165, 1.54) is 52.4 Å². The first-order chi connectivity index (χ1) is 19.1. The average Bonchev–Trinajstić information content (AvgIpc) is 3.29. The second-order valence-electron chi connectivity index (χ2n) is 12.2. The molecule has 2 bridgehead atoms. The lowest BCUT2D eigenvalue weighted by Gasteiger charge is -2.37. The number of Topliss-reactive ketones (excluding diaryl/α,β-unsaturated/α-hetero) is 1. The van der Waals surface area contributed by atoms with Crippen LogP contribution in [0.1, 0.15) is 76.7 Å². The third kappa shape index (κ3) is 5.95. The monoisotopic (exact) mass is 576 g/mol. The fraction of sp³-hybridized carbons (Fsp3) is 0.441. The maximum Gasteiger partial charge on any atom is 0.166 e. The van der Waals surface area contributed by atoms with E-state index in [2.05, 4.69) is 84.9 Å². The molecule has 40 heavy (non-hydrogen) atoms. The summed E-state index contributed by atoms with van der Waals surface area (Å²) in [4.78, 5) is 16.0. The van der Waals surface area contributed by atoms with Crippen molar-refractivity contribution >= 4 is 26.8 Å². The van der Waals surface area contributed by atoms with Crippen LogP contribution in [-0.4, -0.2) is 24.5 Å². The first-order valence-electron chi connectivity index (χ1n) is 14.5. The molecular weight excluding hydrogens is 537 g/mol. The molecule has 6 heteroatoms. The normalized spacial score (nSPS) is 24.1. The van der Waals surface area contributed by atoms with E-state index >= 15 is 0 Å². The predicted octanol–water partition coefficient (Wildman–Crippen LogP) is 7.76. The molecule has 0 aromatic heterocycles. The fourth-order valence-corrected chi connectivity index (χ4v) is 10.6. The van der Waals surface area contributed by atoms with E-state index in [9.17, 15) is 17.8 Å². The van der Waals surface area contributed by atoms with Gasteiger partial charge >= 0.3 is 0 Å². The van der Waals surface area contributed by atoms with Crippen molar-refractivity contribution in [3.63, 3.8) is 0 Å². The Labute approximate surface area is 242 Å². The Morgan fingerprint density at radius 1 is 0.775 bits per heavy atom. The quantitative estimate of drug-likeness (QED) is 0.222. The number of benzene rings is 3. The van der Waals surface area contributed by atoms with Gasteiger partial charge in [0.2, 0.25) is 0 Å². The van der Waals surface area contributed by atoms with Crippen LogP contribution in [0.2, 0.25) is 0 Å². The number of fused-ring (bicyclic) bond motifs is 2. The Hall–Kier alpha value is -2.41. The molecule has 3 aliphatic carbocycles. The largest absolute Gasteiger partial charge is 0.748 e. The van der Waals surface area contributed by atoms with Crippen LogP contribution in [0.25, 0.3) is 0 Å². The molecule has 4 nitrogen and oxygen atoms in total. The summed E-state index contributed by atoms with van der Waals surface area (Å²) in [5, 5.41) is 0. The van der Waals surface area contributed by atoms with Gasteiger partial charge < -0.3 is 4.55 Å². The van der Waals surface area contributed by atoms with Crippen LogP contribution in [0.5, 0.6) is 0 Å². The Kier molecular flexibility index (Phi) is 8.61. The van der Waals surface area contributed by atoms with Crippen molar-refractivity contribution in [2.24, 2.45) is 16.7 Å². The van der Waals surface area contributed by atoms with Gasteiger partial charge in [-0.15, -0.1) is 0 Å². The third-order valence-electron chi connectivity index (χ3n) is 9.71. The first-order valence-corrected chi connectivity index (χ1v) is 17.3. The fourth-order valence-electron chi connectivity index (χ4n) is 7.24. The molecule has 3 fully saturated rings. The van der Waals surface area contributed by atoms with Gasteiger partial charge in [0.25, 0.3) is 0 Å². The molecule has 2 atom stereocenters. The molecule has 3 saturated carbocycles. The zero-order chi connectivity index (χ0) is 28.4. The van der Waals surface area contributed by atoms with Crippen LogP contribution in [0.15, 0.2) is 99.6 Å². The summed E-state index contributed by atoms with van der Waals surface area (Å²) < 4.78 is 32.7. The molecule has 0 saturated heterocycles. The number of carbonyl (C=O) groups is 1. The third-order valence-corrected chi connectivity index (χ3v) is 12.8.